The van der Waals surface area contributed by atoms with Crippen LogP contribution in [0, 0.1) is 0 Å². The van der Waals surface area contributed by atoms with E-state index in [1.54, 1.807) is 18.2 Å². The van der Waals surface area contributed by atoms with Crippen LogP contribution in [0.2, 0.25) is 10.0 Å². The topological polar surface area (TPSA) is 40.5 Å². The van der Waals surface area contributed by atoms with Crippen molar-refractivity contribution in [3.05, 3.63) is 197 Å². The maximum absolute atomic E-state index is 8.65. The third-order valence-corrected chi connectivity index (χ3v) is 9.09. The minimum Gasteiger partial charge on any atom is -0.423 e. The zero-order chi connectivity index (χ0) is 38.9. The van der Waals surface area contributed by atoms with Crippen molar-refractivity contribution < 1.29 is 10.0 Å². The molecule has 0 bridgehead atoms. The van der Waals surface area contributed by atoms with Gasteiger partial charge < -0.3 is 10.0 Å². The van der Waals surface area contributed by atoms with E-state index in [2.05, 4.69) is 189 Å². The minimum atomic E-state index is -1.43. The average Bonchev–Trinajstić information content (AvgIpc) is 3.22. The van der Waals surface area contributed by atoms with E-state index >= 15 is 0 Å². The summed E-state index contributed by atoms with van der Waals surface area (Å²) in [6, 6.07) is 61.3. The van der Waals surface area contributed by atoms with Gasteiger partial charge in [-0.05, 0) is 119 Å². The monoisotopic (exact) mass is 1040 g/mol. The molecule has 8 aromatic rings. The lowest BCUT2D eigenvalue weighted by atomic mass is 9.81. The SMILES string of the molecule is Brc1cc(-c2ccccc2)c2ccccc2c1.CI.CI.Clc1cccc(-c2cc(-c3ccccc3)c3ccccc3c2)c1.OB(O)c1cccc(Cl)c1. The van der Waals surface area contributed by atoms with E-state index in [1.807, 2.05) is 40.2 Å². The molecule has 0 unspecified atom stereocenters. The highest BCUT2D eigenvalue weighted by molar-refractivity contribution is 14.1. The molecule has 0 spiro atoms. The highest BCUT2D eigenvalue weighted by atomic mass is 127. The van der Waals surface area contributed by atoms with Gasteiger partial charge in [0, 0.05) is 14.5 Å². The van der Waals surface area contributed by atoms with Crippen molar-refractivity contribution in [3.8, 4) is 33.4 Å². The highest BCUT2D eigenvalue weighted by Gasteiger charge is 2.10. The molecule has 0 aliphatic rings. The molecule has 0 heterocycles. The van der Waals surface area contributed by atoms with Crippen LogP contribution in [0.5, 0.6) is 0 Å². The molecule has 8 heteroatoms. The molecule has 8 aromatic carbocycles. The molecule has 0 aromatic heterocycles. The van der Waals surface area contributed by atoms with Crippen LogP contribution < -0.4 is 5.46 Å². The molecule has 0 aliphatic heterocycles. The summed E-state index contributed by atoms with van der Waals surface area (Å²) in [7, 11) is -1.43. The number of halogens is 5. The van der Waals surface area contributed by atoms with E-state index in [1.165, 1.54) is 55.4 Å². The Balaban J connectivity index is 0.000000184. The van der Waals surface area contributed by atoms with Gasteiger partial charge in [-0.15, -0.1) is 0 Å². The first-order valence-corrected chi connectivity index (χ1v) is 22.7. The van der Waals surface area contributed by atoms with Crippen molar-refractivity contribution in [2.75, 3.05) is 9.86 Å². The molecule has 54 heavy (non-hydrogen) atoms. The lowest BCUT2D eigenvalue weighted by molar-refractivity contribution is 0.426. The van der Waals surface area contributed by atoms with Gasteiger partial charge in [-0.1, -0.05) is 218 Å². The Bertz CT molecular complexity index is 2360. The van der Waals surface area contributed by atoms with E-state index < -0.39 is 7.12 Å². The summed E-state index contributed by atoms with van der Waals surface area (Å²) in [6.07, 6.45) is 0. The Labute approximate surface area is 364 Å². The molecule has 272 valence electrons. The van der Waals surface area contributed by atoms with Gasteiger partial charge >= 0.3 is 7.12 Å². The first-order chi connectivity index (χ1) is 26.4. The van der Waals surface area contributed by atoms with Gasteiger partial charge in [0.2, 0.25) is 0 Å². The summed E-state index contributed by atoms with van der Waals surface area (Å²) in [4.78, 5) is 3.94. The second-order valence-corrected chi connectivity index (χ2v) is 13.4. The fraction of sp³-hybridized carbons (Fsp3) is 0.0435. The van der Waals surface area contributed by atoms with Crippen LogP contribution in [0.15, 0.2) is 186 Å². The fourth-order valence-corrected chi connectivity index (χ4v) is 6.66. The van der Waals surface area contributed by atoms with Crippen molar-refractivity contribution >= 4 is 118 Å². The van der Waals surface area contributed by atoms with Crippen LogP contribution in [-0.2, 0) is 0 Å². The number of benzene rings is 8. The number of fused-ring (bicyclic) bond motifs is 2. The van der Waals surface area contributed by atoms with Crippen LogP contribution in [0.25, 0.3) is 54.9 Å². The number of rotatable bonds is 4. The van der Waals surface area contributed by atoms with E-state index in [0.29, 0.717) is 10.5 Å². The second-order valence-electron chi connectivity index (χ2n) is 11.6. The van der Waals surface area contributed by atoms with Gasteiger partial charge in [-0.25, -0.2) is 0 Å². The van der Waals surface area contributed by atoms with E-state index in [4.69, 9.17) is 33.2 Å². The summed E-state index contributed by atoms with van der Waals surface area (Å²) in [6.45, 7) is 0. The number of hydrogen-bond donors (Lipinski definition) is 2. The van der Waals surface area contributed by atoms with E-state index in [-0.39, 0.29) is 0 Å². The van der Waals surface area contributed by atoms with Crippen LogP contribution in [0.3, 0.4) is 0 Å². The smallest absolute Gasteiger partial charge is 0.423 e. The largest absolute Gasteiger partial charge is 0.488 e. The predicted molar refractivity (Wildman–Crippen MR) is 258 cm³/mol. The Morgan fingerprint density at radius 1 is 0.426 bits per heavy atom. The Morgan fingerprint density at radius 3 is 1.37 bits per heavy atom. The van der Waals surface area contributed by atoms with E-state index in [9.17, 15) is 0 Å². The van der Waals surface area contributed by atoms with Crippen LogP contribution in [0.1, 0.15) is 0 Å². The Morgan fingerprint density at radius 2 is 0.870 bits per heavy atom. The molecule has 0 radical (unpaired) electrons. The number of hydrogen-bond acceptors (Lipinski definition) is 2. The van der Waals surface area contributed by atoms with Crippen molar-refractivity contribution in [2.45, 2.75) is 0 Å². The predicted octanol–water partition coefficient (Wildman–Crippen LogP) is 14.2. The lowest BCUT2D eigenvalue weighted by Gasteiger charge is -2.11. The normalized spacial score (nSPS) is 9.94. The third kappa shape index (κ3) is 12.4. The summed E-state index contributed by atoms with van der Waals surface area (Å²) >= 11 is 19.6. The first kappa shape index (κ1) is 43.5. The van der Waals surface area contributed by atoms with Gasteiger partial charge in [-0.2, -0.15) is 0 Å². The lowest BCUT2D eigenvalue weighted by Crippen LogP contribution is -2.29. The molecule has 0 fully saturated rings. The zero-order valence-corrected chi connectivity index (χ0v) is 37.1. The number of alkyl halides is 2. The highest BCUT2D eigenvalue weighted by Crippen LogP contribution is 2.35. The standard InChI is InChI=1S/C22H15Cl.C16H11Br.C6H6BClO2.2CH3I/c23-20-11-6-10-17(14-20)19-13-18-9-4-5-12-21(18)22(15-19)16-7-2-1-3-8-16;17-14-10-13-8-4-5-9-15(13)16(11-14)12-6-2-1-3-7-12;8-6-3-1-2-5(4-6)7(9)10;2*1-2/h1-15H;1-11H;1-4,9-10H;2*1H3. The maximum Gasteiger partial charge on any atom is 0.488 e. The summed E-state index contributed by atoms with van der Waals surface area (Å²) in [5, 5.41) is 23.6. The van der Waals surface area contributed by atoms with Crippen molar-refractivity contribution in [1.82, 2.24) is 0 Å². The van der Waals surface area contributed by atoms with Crippen molar-refractivity contribution in [3.63, 3.8) is 0 Å². The Hall–Kier alpha value is -3.22. The fourth-order valence-electron chi connectivity index (χ4n) is 5.80. The quantitative estimate of drug-likeness (QED) is 0.105. The van der Waals surface area contributed by atoms with Gasteiger partial charge in [0.25, 0.3) is 0 Å². The molecule has 2 N–H and O–H groups in total. The van der Waals surface area contributed by atoms with Crippen LogP contribution in [-0.4, -0.2) is 27.0 Å². The minimum absolute atomic E-state index is 0.410. The molecule has 0 saturated carbocycles. The van der Waals surface area contributed by atoms with Gasteiger partial charge in [0.05, 0.1) is 0 Å². The third-order valence-electron chi connectivity index (χ3n) is 8.16. The molecule has 0 atom stereocenters. The molecule has 0 saturated heterocycles. The zero-order valence-electron chi connectivity index (χ0n) is 29.7. The molecule has 0 aliphatic carbocycles. The summed E-state index contributed by atoms with van der Waals surface area (Å²) in [5.74, 6) is 0. The Kier molecular flexibility index (Phi) is 18.5. The molecule has 8 rings (SSSR count). The second kappa shape index (κ2) is 23.0. The first-order valence-electron chi connectivity index (χ1n) is 16.8. The molecular formula is C46H38BBrCl2I2O2. The van der Waals surface area contributed by atoms with Crippen molar-refractivity contribution in [1.29, 1.82) is 0 Å². The van der Waals surface area contributed by atoms with Gasteiger partial charge in [-0.3, -0.25) is 0 Å². The average molecular weight is 1040 g/mol. The molecule has 2 nitrogen and oxygen atoms in total. The van der Waals surface area contributed by atoms with Crippen molar-refractivity contribution in [2.24, 2.45) is 0 Å². The summed E-state index contributed by atoms with van der Waals surface area (Å²) in [5.41, 5.74) is 7.74. The summed E-state index contributed by atoms with van der Waals surface area (Å²) < 4.78 is 1.12. The van der Waals surface area contributed by atoms with Crippen LogP contribution >= 0.6 is 84.3 Å². The maximum atomic E-state index is 8.65. The van der Waals surface area contributed by atoms with Gasteiger partial charge in [0.15, 0.2) is 0 Å². The van der Waals surface area contributed by atoms with Gasteiger partial charge in [0.1, 0.15) is 0 Å². The van der Waals surface area contributed by atoms with E-state index in [0.717, 1.165) is 15.1 Å². The van der Waals surface area contributed by atoms with Crippen LogP contribution in [0.4, 0.5) is 0 Å². The molecule has 0 amide bonds. The molecular weight excluding hydrogens is 1000 g/mol.